The lowest BCUT2D eigenvalue weighted by Gasteiger charge is -2.37. The van der Waals surface area contributed by atoms with Crippen molar-refractivity contribution in [3.8, 4) is 0 Å². The minimum atomic E-state index is -0.757. The Kier molecular flexibility index (Phi) is 8.06. The van der Waals surface area contributed by atoms with E-state index in [1.807, 2.05) is 60.7 Å². The number of fused-ring (bicyclic) bond motifs is 1. The first kappa shape index (κ1) is 27.7. The smallest absolute Gasteiger partial charge is 0.244 e. The highest BCUT2D eigenvalue weighted by atomic mass is 32.2. The normalized spacial score (nSPS) is 29.8. The molecule has 3 amide bonds. The number of nitrogens with zero attached hydrogens (tertiary/aromatic N) is 1. The van der Waals surface area contributed by atoms with Gasteiger partial charge in [0.05, 0.1) is 29.2 Å². The van der Waals surface area contributed by atoms with E-state index in [0.717, 1.165) is 36.8 Å². The summed E-state index contributed by atoms with van der Waals surface area (Å²) in [6, 6.07) is 17.7. The van der Waals surface area contributed by atoms with Crippen molar-refractivity contribution in [2.75, 3.05) is 13.2 Å². The van der Waals surface area contributed by atoms with E-state index < -0.39 is 33.4 Å². The van der Waals surface area contributed by atoms with Crippen LogP contribution in [-0.4, -0.2) is 56.4 Å². The zero-order valence-electron chi connectivity index (χ0n) is 22.8. The monoisotopic (exact) mass is 549 g/mol. The van der Waals surface area contributed by atoms with E-state index in [2.05, 4.69) is 24.5 Å². The summed E-state index contributed by atoms with van der Waals surface area (Å²) in [4.78, 5) is 43.7. The van der Waals surface area contributed by atoms with Crippen molar-refractivity contribution >= 4 is 29.5 Å². The van der Waals surface area contributed by atoms with Crippen LogP contribution in [0, 0.1) is 11.8 Å². The van der Waals surface area contributed by atoms with E-state index in [-0.39, 0.29) is 24.3 Å². The number of carbonyl (C=O) groups is 3. The van der Waals surface area contributed by atoms with Crippen molar-refractivity contribution in [1.82, 2.24) is 15.5 Å². The molecule has 0 radical (unpaired) electrons. The van der Waals surface area contributed by atoms with E-state index in [1.165, 1.54) is 0 Å². The van der Waals surface area contributed by atoms with Gasteiger partial charge in [0.1, 0.15) is 6.04 Å². The Labute approximate surface area is 235 Å². The van der Waals surface area contributed by atoms with Crippen LogP contribution < -0.4 is 10.6 Å². The van der Waals surface area contributed by atoms with E-state index in [1.54, 1.807) is 16.7 Å². The molecule has 7 nitrogen and oxygen atoms in total. The van der Waals surface area contributed by atoms with Crippen molar-refractivity contribution in [1.29, 1.82) is 0 Å². The van der Waals surface area contributed by atoms with Crippen LogP contribution in [0.3, 0.4) is 0 Å². The number of rotatable bonds is 11. The summed E-state index contributed by atoms with van der Waals surface area (Å²) in [5.74, 6) is -1.71. The highest BCUT2D eigenvalue weighted by Gasteiger charge is 2.77. The highest BCUT2D eigenvalue weighted by molar-refractivity contribution is 8.02. The van der Waals surface area contributed by atoms with Gasteiger partial charge in [0.15, 0.2) is 0 Å². The number of benzene rings is 2. The Morgan fingerprint density at radius 2 is 1.72 bits per heavy atom. The molecule has 1 spiro atoms. The molecule has 6 atom stereocenters. The number of unbranched alkanes of at least 4 members (excludes halogenated alkanes) is 2. The van der Waals surface area contributed by atoms with E-state index in [4.69, 9.17) is 0 Å². The highest BCUT2D eigenvalue weighted by Crippen LogP contribution is 2.72. The van der Waals surface area contributed by atoms with Gasteiger partial charge in [0, 0.05) is 17.8 Å². The number of hydrogen-bond acceptors (Lipinski definition) is 5. The third kappa shape index (κ3) is 4.86. The zero-order valence-corrected chi connectivity index (χ0v) is 23.6. The average Bonchev–Trinajstić information content (AvgIpc) is 3.52. The number of aliphatic hydroxyl groups is 1. The quantitative estimate of drug-likeness (QED) is 0.370. The van der Waals surface area contributed by atoms with E-state index in [0.29, 0.717) is 19.5 Å². The molecule has 3 heterocycles. The maximum absolute atomic E-state index is 14.4. The van der Waals surface area contributed by atoms with Crippen LogP contribution in [0.5, 0.6) is 0 Å². The number of carbonyl (C=O) groups excluding carboxylic acids is 3. The predicted molar refractivity (Wildman–Crippen MR) is 153 cm³/mol. The molecule has 39 heavy (non-hydrogen) atoms. The van der Waals surface area contributed by atoms with Gasteiger partial charge in [-0.25, -0.2) is 0 Å². The summed E-state index contributed by atoms with van der Waals surface area (Å²) in [6.07, 6.45) is 4.37. The van der Waals surface area contributed by atoms with E-state index >= 15 is 0 Å². The molecule has 0 aromatic heterocycles. The topological polar surface area (TPSA) is 98.7 Å². The fraction of sp³-hybridized carbons (Fsp3) is 0.516. The SMILES string of the molecule is CCCCCNC(=O)C1N([C@H](CO)c2ccccc2)C(=O)[C@@H]2[C@H](C(=O)NCc3ccccc3)[C@]3(C)CCC12S3. The van der Waals surface area contributed by atoms with Crippen LogP contribution in [0.2, 0.25) is 0 Å². The Bertz CT molecular complexity index is 1190. The third-order valence-electron chi connectivity index (χ3n) is 8.83. The number of amides is 3. The van der Waals surface area contributed by atoms with Crippen molar-refractivity contribution in [3.05, 3.63) is 71.8 Å². The maximum atomic E-state index is 14.4. The van der Waals surface area contributed by atoms with Crippen molar-refractivity contribution in [3.63, 3.8) is 0 Å². The molecule has 2 unspecified atom stereocenters. The minimum absolute atomic E-state index is 0.141. The van der Waals surface area contributed by atoms with Gasteiger partial charge in [-0.1, -0.05) is 80.4 Å². The van der Waals surface area contributed by atoms with Gasteiger partial charge in [-0.2, -0.15) is 0 Å². The summed E-state index contributed by atoms with van der Waals surface area (Å²) in [7, 11) is 0. The molecular formula is C31H39N3O4S. The van der Waals surface area contributed by atoms with Crippen molar-refractivity contribution in [2.45, 2.75) is 74.1 Å². The molecule has 2 bridgehead atoms. The molecule has 5 rings (SSSR count). The number of aliphatic hydroxyl groups excluding tert-OH is 1. The summed E-state index contributed by atoms with van der Waals surface area (Å²) in [6.45, 7) is 4.83. The third-order valence-corrected chi connectivity index (χ3v) is 10.8. The van der Waals surface area contributed by atoms with Crippen molar-refractivity contribution in [2.24, 2.45) is 11.8 Å². The molecule has 3 fully saturated rings. The first-order chi connectivity index (χ1) is 18.9. The maximum Gasteiger partial charge on any atom is 0.244 e. The second kappa shape index (κ2) is 11.3. The van der Waals surface area contributed by atoms with E-state index in [9.17, 15) is 19.5 Å². The molecule has 3 N–H and O–H groups in total. The summed E-state index contributed by atoms with van der Waals surface area (Å²) in [5, 5.41) is 16.8. The van der Waals surface area contributed by atoms with Gasteiger partial charge in [-0.3, -0.25) is 14.4 Å². The fourth-order valence-electron chi connectivity index (χ4n) is 7.01. The Balaban J connectivity index is 1.49. The van der Waals surface area contributed by atoms with Gasteiger partial charge >= 0.3 is 0 Å². The molecule has 8 heteroatoms. The second-order valence-electron chi connectivity index (χ2n) is 11.3. The van der Waals surface area contributed by atoms with Gasteiger partial charge < -0.3 is 20.6 Å². The molecule has 2 aromatic carbocycles. The van der Waals surface area contributed by atoms with Crippen LogP contribution in [0.4, 0.5) is 0 Å². The first-order valence-corrected chi connectivity index (χ1v) is 15.0. The number of thioether (sulfide) groups is 1. The zero-order chi connectivity index (χ0) is 27.6. The Morgan fingerprint density at radius 1 is 1.03 bits per heavy atom. The Morgan fingerprint density at radius 3 is 2.38 bits per heavy atom. The molecular weight excluding hydrogens is 510 g/mol. The van der Waals surface area contributed by atoms with Gasteiger partial charge in [0.25, 0.3) is 0 Å². The van der Waals surface area contributed by atoms with Gasteiger partial charge in [-0.05, 0) is 37.3 Å². The molecule has 0 saturated carbocycles. The van der Waals surface area contributed by atoms with Crippen molar-refractivity contribution < 1.29 is 19.5 Å². The molecule has 2 aromatic rings. The van der Waals surface area contributed by atoms with Crippen LogP contribution >= 0.6 is 11.8 Å². The van der Waals surface area contributed by atoms with Gasteiger partial charge in [0.2, 0.25) is 17.7 Å². The Hall–Kier alpha value is -2.84. The first-order valence-electron chi connectivity index (χ1n) is 14.1. The molecule has 3 aliphatic rings. The standard InChI is InChI=1S/C31H39N3O4S/c1-3-4-11-18-32-28(37)26-31-17-16-30(2,39-31)24(27(36)33-19-21-12-7-5-8-13-21)25(31)29(38)34(26)23(20-35)22-14-9-6-10-15-22/h5-10,12-15,23-26,35H,3-4,11,16-20H2,1-2H3,(H,32,37)(H,33,36)/t23-,24-,25+,26?,30+,31?/m1/s1. The summed E-state index contributed by atoms with van der Waals surface area (Å²) in [5.41, 5.74) is 1.78. The second-order valence-corrected chi connectivity index (χ2v) is 13.2. The molecule has 3 aliphatic heterocycles. The summed E-state index contributed by atoms with van der Waals surface area (Å²) < 4.78 is -1.15. The predicted octanol–water partition coefficient (Wildman–Crippen LogP) is 3.82. The van der Waals surface area contributed by atoms with Crippen LogP contribution in [0.25, 0.3) is 0 Å². The average molecular weight is 550 g/mol. The fourth-order valence-corrected chi connectivity index (χ4v) is 9.35. The van der Waals surface area contributed by atoms with Gasteiger partial charge in [-0.15, -0.1) is 11.8 Å². The molecule has 3 saturated heterocycles. The number of nitrogens with one attached hydrogen (secondary N) is 2. The summed E-state index contributed by atoms with van der Waals surface area (Å²) >= 11 is 1.65. The van der Waals surface area contributed by atoms with Crippen LogP contribution in [0.15, 0.2) is 60.7 Å². The largest absolute Gasteiger partial charge is 0.394 e. The minimum Gasteiger partial charge on any atom is -0.394 e. The number of likely N-dealkylation sites (tertiary alicyclic amines) is 1. The molecule has 0 aliphatic carbocycles. The lowest BCUT2D eigenvalue weighted by atomic mass is 9.66. The number of hydrogen-bond donors (Lipinski definition) is 3. The van der Waals surface area contributed by atoms with Crippen LogP contribution in [0.1, 0.15) is 63.1 Å². The van der Waals surface area contributed by atoms with Crippen LogP contribution in [-0.2, 0) is 20.9 Å². The lowest BCUT2D eigenvalue weighted by Crippen LogP contribution is -2.54. The lowest BCUT2D eigenvalue weighted by molar-refractivity contribution is -0.143. The molecule has 208 valence electrons.